The molecule has 1 heterocycles. The van der Waals surface area contributed by atoms with Crippen molar-refractivity contribution in [1.29, 1.82) is 0 Å². The first kappa shape index (κ1) is 13.5. The standard InChI is InChI=1S/C15H17NO3S/c1-20-14-9-13-12(18-6-7-19-13)8-11(14)15(16-10-17)4-2-3-5-15/h8-9H,2-7H2,1H3. The number of carbonyl (C=O) groups excluding carboxylic acids is 1. The Morgan fingerprint density at radius 2 is 1.85 bits per heavy atom. The fourth-order valence-corrected chi connectivity index (χ4v) is 3.79. The van der Waals surface area contributed by atoms with Gasteiger partial charge >= 0.3 is 0 Å². The molecule has 0 spiro atoms. The van der Waals surface area contributed by atoms with E-state index in [0.717, 1.165) is 47.6 Å². The van der Waals surface area contributed by atoms with Crippen molar-refractivity contribution in [2.24, 2.45) is 4.99 Å². The fraction of sp³-hybridized carbons (Fsp3) is 0.533. The number of benzene rings is 1. The van der Waals surface area contributed by atoms with Crippen LogP contribution in [0.15, 0.2) is 22.0 Å². The summed E-state index contributed by atoms with van der Waals surface area (Å²) in [6, 6.07) is 4.02. The zero-order valence-corrected chi connectivity index (χ0v) is 12.3. The first-order valence-electron chi connectivity index (χ1n) is 6.86. The van der Waals surface area contributed by atoms with Gasteiger partial charge in [-0.1, -0.05) is 12.8 Å². The quantitative estimate of drug-likeness (QED) is 0.487. The summed E-state index contributed by atoms with van der Waals surface area (Å²) >= 11 is 1.65. The Hall–Kier alpha value is -1.45. The van der Waals surface area contributed by atoms with Crippen molar-refractivity contribution >= 4 is 17.8 Å². The van der Waals surface area contributed by atoms with Crippen molar-refractivity contribution < 1.29 is 14.3 Å². The van der Waals surface area contributed by atoms with Crippen LogP contribution in [0.1, 0.15) is 31.2 Å². The van der Waals surface area contributed by atoms with Crippen LogP contribution in [0.3, 0.4) is 0 Å². The lowest BCUT2D eigenvalue weighted by atomic mass is 9.88. The van der Waals surface area contributed by atoms with Crippen LogP contribution in [0.25, 0.3) is 0 Å². The Morgan fingerprint density at radius 1 is 1.20 bits per heavy atom. The zero-order valence-electron chi connectivity index (χ0n) is 11.5. The number of fused-ring (bicyclic) bond motifs is 1. The van der Waals surface area contributed by atoms with Crippen LogP contribution < -0.4 is 9.47 Å². The van der Waals surface area contributed by atoms with E-state index in [9.17, 15) is 4.79 Å². The van der Waals surface area contributed by atoms with Crippen LogP contribution in [-0.2, 0) is 10.3 Å². The lowest BCUT2D eigenvalue weighted by molar-refractivity contribution is 0.170. The van der Waals surface area contributed by atoms with Crippen LogP contribution in [0.2, 0.25) is 0 Å². The topological polar surface area (TPSA) is 47.9 Å². The molecule has 1 aromatic carbocycles. The van der Waals surface area contributed by atoms with E-state index in [4.69, 9.17) is 9.47 Å². The van der Waals surface area contributed by atoms with Crippen molar-refractivity contribution in [3.63, 3.8) is 0 Å². The van der Waals surface area contributed by atoms with Gasteiger partial charge < -0.3 is 9.47 Å². The summed E-state index contributed by atoms with van der Waals surface area (Å²) in [5, 5.41) is 0. The number of aliphatic imine (C=N–C) groups is 1. The highest BCUT2D eigenvalue weighted by molar-refractivity contribution is 7.98. The van der Waals surface area contributed by atoms with Crippen LogP contribution in [0.5, 0.6) is 11.5 Å². The van der Waals surface area contributed by atoms with Gasteiger partial charge in [0, 0.05) is 4.90 Å². The molecule has 1 fully saturated rings. The zero-order chi connectivity index (χ0) is 14.0. The maximum absolute atomic E-state index is 10.9. The van der Waals surface area contributed by atoms with Gasteiger partial charge in [-0.05, 0) is 36.8 Å². The molecule has 0 saturated heterocycles. The number of nitrogens with zero attached hydrogens (tertiary/aromatic N) is 1. The highest BCUT2D eigenvalue weighted by atomic mass is 32.2. The second-order valence-corrected chi connectivity index (χ2v) is 5.99. The number of thioether (sulfide) groups is 1. The van der Waals surface area contributed by atoms with Gasteiger partial charge in [0.05, 0.1) is 5.54 Å². The molecular weight excluding hydrogens is 274 g/mol. The predicted octanol–water partition coefficient (Wildman–Crippen LogP) is 3.28. The molecule has 0 radical (unpaired) electrons. The van der Waals surface area contributed by atoms with Crippen molar-refractivity contribution in [3.05, 3.63) is 17.7 Å². The normalized spacial score (nSPS) is 19.4. The maximum Gasteiger partial charge on any atom is 0.235 e. The molecule has 1 saturated carbocycles. The molecule has 0 unspecified atom stereocenters. The second kappa shape index (κ2) is 5.51. The fourth-order valence-electron chi connectivity index (χ4n) is 3.09. The average Bonchev–Trinajstić information content (AvgIpc) is 2.96. The van der Waals surface area contributed by atoms with Gasteiger partial charge in [0.1, 0.15) is 13.2 Å². The van der Waals surface area contributed by atoms with Crippen molar-refractivity contribution in [3.8, 4) is 11.5 Å². The van der Waals surface area contributed by atoms with Gasteiger partial charge in [0.15, 0.2) is 11.5 Å². The lowest BCUT2D eigenvalue weighted by Crippen LogP contribution is -2.22. The maximum atomic E-state index is 10.9. The van der Waals surface area contributed by atoms with Crippen molar-refractivity contribution in [2.45, 2.75) is 36.1 Å². The molecule has 0 aromatic heterocycles. The van der Waals surface area contributed by atoms with E-state index in [1.807, 2.05) is 18.4 Å². The summed E-state index contributed by atoms with van der Waals surface area (Å²) in [5.41, 5.74) is 0.658. The molecular formula is C15H17NO3S. The van der Waals surface area contributed by atoms with E-state index >= 15 is 0 Å². The third-order valence-corrected chi connectivity index (χ3v) is 4.83. The highest BCUT2D eigenvalue weighted by Gasteiger charge is 2.38. The predicted molar refractivity (Wildman–Crippen MR) is 77.5 cm³/mol. The third kappa shape index (κ3) is 2.21. The molecule has 0 atom stereocenters. The SMILES string of the molecule is CSc1cc2c(cc1C1(N=C=O)CCCC1)OCCO2. The Morgan fingerprint density at radius 3 is 2.45 bits per heavy atom. The molecule has 4 nitrogen and oxygen atoms in total. The molecule has 5 heteroatoms. The summed E-state index contributed by atoms with van der Waals surface area (Å²) in [6.45, 7) is 1.15. The number of ether oxygens (including phenoxy) is 2. The smallest absolute Gasteiger partial charge is 0.235 e. The molecule has 1 aromatic rings. The van der Waals surface area contributed by atoms with Crippen LogP contribution in [0.4, 0.5) is 0 Å². The summed E-state index contributed by atoms with van der Waals surface area (Å²) < 4.78 is 11.3. The molecule has 0 amide bonds. The molecule has 20 heavy (non-hydrogen) atoms. The monoisotopic (exact) mass is 291 g/mol. The van der Waals surface area contributed by atoms with E-state index < -0.39 is 5.54 Å². The van der Waals surface area contributed by atoms with Gasteiger partial charge in [0.25, 0.3) is 0 Å². The van der Waals surface area contributed by atoms with E-state index in [2.05, 4.69) is 4.99 Å². The first-order valence-corrected chi connectivity index (χ1v) is 8.09. The molecule has 0 N–H and O–H groups in total. The molecule has 2 aliphatic rings. The van der Waals surface area contributed by atoms with Crippen LogP contribution >= 0.6 is 11.8 Å². The largest absolute Gasteiger partial charge is 0.486 e. The number of rotatable bonds is 3. The average molecular weight is 291 g/mol. The van der Waals surface area contributed by atoms with Crippen LogP contribution in [0, 0.1) is 0 Å². The summed E-state index contributed by atoms with van der Waals surface area (Å²) in [6.07, 6.45) is 7.78. The minimum absolute atomic E-state index is 0.421. The van der Waals surface area contributed by atoms with E-state index in [1.165, 1.54) is 0 Å². The molecule has 1 aliphatic heterocycles. The third-order valence-electron chi connectivity index (χ3n) is 4.06. The van der Waals surface area contributed by atoms with E-state index in [-0.39, 0.29) is 0 Å². The summed E-state index contributed by atoms with van der Waals surface area (Å²) in [7, 11) is 0. The summed E-state index contributed by atoms with van der Waals surface area (Å²) in [4.78, 5) is 16.1. The Bertz CT molecular complexity index is 560. The van der Waals surface area contributed by atoms with Gasteiger partial charge in [-0.2, -0.15) is 4.99 Å². The van der Waals surface area contributed by atoms with Crippen LogP contribution in [-0.4, -0.2) is 25.5 Å². The lowest BCUT2D eigenvalue weighted by Gasteiger charge is -2.28. The summed E-state index contributed by atoms with van der Waals surface area (Å²) in [5.74, 6) is 1.55. The van der Waals surface area contributed by atoms with E-state index in [1.54, 1.807) is 17.8 Å². The minimum Gasteiger partial charge on any atom is -0.486 e. The van der Waals surface area contributed by atoms with Crippen molar-refractivity contribution in [2.75, 3.05) is 19.5 Å². The Kier molecular flexibility index (Phi) is 3.72. The van der Waals surface area contributed by atoms with E-state index in [0.29, 0.717) is 13.2 Å². The Labute approximate surface area is 122 Å². The second-order valence-electron chi connectivity index (χ2n) is 5.14. The molecule has 3 rings (SSSR count). The molecule has 1 aliphatic carbocycles. The number of hydrogen-bond acceptors (Lipinski definition) is 5. The van der Waals surface area contributed by atoms with Gasteiger partial charge in [0.2, 0.25) is 6.08 Å². The molecule has 0 bridgehead atoms. The highest BCUT2D eigenvalue weighted by Crippen LogP contribution is 2.48. The minimum atomic E-state index is -0.421. The van der Waals surface area contributed by atoms with Gasteiger partial charge in [-0.25, -0.2) is 4.79 Å². The van der Waals surface area contributed by atoms with Gasteiger partial charge in [-0.3, -0.25) is 0 Å². The van der Waals surface area contributed by atoms with Crippen molar-refractivity contribution in [1.82, 2.24) is 0 Å². The Balaban J connectivity index is 2.13. The van der Waals surface area contributed by atoms with Gasteiger partial charge in [-0.15, -0.1) is 11.8 Å². The molecule has 106 valence electrons. The number of isocyanates is 1. The first-order chi connectivity index (χ1) is 9.79. The number of hydrogen-bond donors (Lipinski definition) is 0.